The third-order valence-electron chi connectivity index (χ3n) is 3.02. The summed E-state index contributed by atoms with van der Waals surface area (Å²) in [6, 6.07) is 7.20. The number of benzene rings is 1. The Kier molecular flexibility index (Phi) is 4.20. The summed E-state index contributed by atoms with van der Waals surface area (Å²) in [5, 5.41) is 5.84. The fourth-order valence-corrected chi connectivity index (χ4v) is 1.88. The van der Waals surface area contributed by atoms with E-state index in [0.29, 0.717) is 11.3 Å². The van der Waals surface area contributed by atoms with E-state index in [1.165, 1.54) is 0 Å². The predicted octanol–water partition coefficient (Wildman–Crippen LogP) is 2.69. The third kappa shape index (κ3) is 2.88. The lowest BCUT2D eigenvalue weighted by atomic mass is 10.1. The van der Waals surface area contributed by atoms with Crippen molar-refractivity contribution in [1.29, 1.82) is 0 Å². The van der Waals surface area contributed by atoms with E-state index in [-0.39, 0.29) is 5.91 Å². The van der Waals surface area contributed by atoms with Crippen molar-refractivity contribution in [3.05, 3.63) is 47.8 Å². The molecule has 20 heavy (non-hydrogen) atoms. The second kappa shape index (κ2) is 6.06. The van der Waals surface area contributed by atoms with Crippen LogP contribution in [-0.2, 0) is 0 Å². The molecule has 1 heterocycles. The highest BCUT2D eigenvalue weighted by atomic mass is 16.5. The number of nitrogens with one attached hydrogen (secondary N) is 2. The van der Waals surface area contributed by atoms with Gasteiger partial charge in [-0.15, -0.1) is 0 Å². The summed E-state index contributed by atoms with van der Waals surface area (Å²) < 4.78 is 5.15. The lowest BCUT2D eigenvalue weighted by Gasteiger charge is -2.12. The van der Waals surface area contributed by atoms with Gasteiger partial charge in [-0.2, -0.15) is 0 Å². The maximum atomic E-state index is 12.3. The minimum atomic E-state index is -0.176. The number of nitrogens with zero attached hydrogens (tertiary/aromatic N) is 1. The van der Waals surface area contributed by atoms with Crippen LogP contribution < -0.4 is 15.4 Å². The molecule has 5 heteroatoms. The molecular weight excluding hydrogens is 254 g/mol. The van der Waals surface area contributed by atoms with Gasteiger partial charge >= 0.3 is 0 Å². The van der Waals surface area contributed by atoms with E-state index in [9.17, 15) is 4.79 Å². The number of rotatable bonds is 4. The summed E-state index contributed by atoms with van der Waals surface area (Å²) in [6.07, 6.45) is 3.21. The van der Waals surface area contributed by atoms with Gasteiger partial charge in [0.1, 0.15) is 5.75 Å². The van der Waals surface area contributed by atoms with Crippen molar-refractivity contribution in [2.24, 2.45) is 0 Å². The number of hydrogen-bond acceptors (Lipinski definition) is 4. The number of carbonyl (C=O) groups excluding carboxylic acids is 1. The number of amides is 1. The predicted molar refractivity (Wildman–Crippen MR) is 79.5 cm³/mol. The number of aryl methyl sites for hydroxylation is 1. The lowest BCUT2D eigenvalue weighted by molar-refractivity contribution is 0.102. The van der Waals surface area contributed by atoms with Crippen LogP contribution in [0.3, 0.4) is 0 Å². The van der Waals surface area contributed by atoms with Crippen molar-refractivity contribution in [2.75, 3.05) is 24.8 Å². The summed E-state index contributed by atoms with van der Waals surface area (Å²) in [5.74, 6) is 0.588. The fourth-order valence-electron chi connectivity index (χ4n) is 1.88. The highest BCUT2D eigenvalue weighted by molar-refractivity contribution is 6.08. The summed E-state index contributed by atoms with van der Waals surface area (Å²) in [5.41, 5.74) is 2.95. The Balaban J connectivity index is 2.23. The van der Waals surface area contributed by atoms with Crippen LogP contribution in [0.1, 0.15) is 15.9 Å². The van der Waals surface area contributed by atoms with Gasteiger partial charge in [-0.1, -0.05) is 0 Å². The highest BCUT2D eigenvalue weighted by Gasteiger charge is 2.12. The number of anilines is 2. The van der Waals surface area contributed by atoms with Gasteiger partial charge < -0.3 is 15.4 Å². The summed E-state index contributed by atoms with van der Waals surface area (Å²) in [6.45, 7) is 1.92. The van der Waals surface area contributed by atoms with E-state index < -0.39 is 0 Å². The van der Waals surface area contributed by atoms with Gasteiger partial charge in [0.05, 0.1) is 24.6 Å². The van der Waals surface area contributed by atoms with E-state index in [0.717, 1.165) is 17.0 Å². The first kappa shape index (κ1) is 13.9. The smallest absolute Gasteiger partial charge is 0.257 e. The SMILES string of the molecule is CNc1cnccc1C(=O)Nc1ccc(OC)cc1C. The maximum absolute atomic E-state index is 12.3. The molecule has 0 aliphatic heterocycles. The molecule has 0 aliphatic rings. The van der Waals surface area contributed by atoms with Gasteiger partial charge in [-0.3, -0.25) is 9.78 Å². The molecule has 0 radical (unpaired) electrons. The molecule has 0 atom stereocenters. The minimum Gasteiger partial charge on any atom is -0.497 e. The zero-order valence-corrected chi connectivity index (χ0v) is 11.7. The second-order valence-corrected chi connectivity index (χ2v) is 4.31. The van der Waals surface area contributed by atoms with Crippen LogP contribution in [0.4, 0.5) is 11.4 Å². The average molecular weight is 271 g/mol. The van der Waals surface area contributed by atoms with Crippen molar-refractivity contribution >= 4 is 17.3 Å². The van der Waals surface area contributed by atoms with Crippen LogP contribution in [0.25, 0.3) is 0 Å². The Labute approximate surface area is 118 Å². The summed E-state index contributed by atoms with van der Waals surface area (Å²) in [4.78, 5) is 16.3. The van der Waals surface area contributed by atoms with E-state index in [1.54, 1.807) is 32.6 Å². The third-order valence-corrected chi connectivity index (χ3v) is 3.02. The van der Waals surface area contributed by atoms with Crippen molar-refractivity contribution in [1.82, 2.24) is 4.98 Å². The standard InChI is InChI=1S/C15H17N3O2/c1-10-8-11(20-3)4-5-13(10)18-15(19)12-6-7-17-9-14(12)16-2/h4-9,16H,1-3H3,(H,18,19). The molecule has 1 aromatic heterocycles. The Morgan fingerprint density at radius 3 is 2.70 bits per heavy atom. The number of ether oxygens (including phenoxy) is 1. The van der Waals surface area contributed by atoms with Gasteiger partial charge in [0.2, 0.25) is 0 Å². The zero-order chi connectivity index (χ0) is 14.5. The molecule has 0 saturated carbocycles. The molecule has 104 valence electrons. The first-order chi connectivity index (χ1) is 9.65. The van der Waals surface area contributed by atoms with Crippen LogP contribution in [0, 0.1) is 6.92 Å². The van der Waals surface area contributed by atoms with Crippen LogP contribution in [0.2, 0.25) is 0 Å². The Bertz CT molecular complexity index is 626. The molecule has 5 nitrogen and oxygen atoms in total. The lowest BCUT2D eigenvalue weighted by Crippen LogP contribution is -2.14. The molecule has 2 aromatic rings. The molecule has 0 aliphatic carbocycles. The van der Waals surface area contributed by atoms with Gasteiger partial charge in [0, 0.05) is 18.9 Å². The molecule has 0 bridgehead atoms. The molecule has 0 saturated heterocycles. The number of carbonyl (C=O) groups is 1. The normalized spacial score (nSPS) is 9.95. The van der Waals surface area contributed by atoms with Crippen molar-refractivity contribution in [3.63, 3.8) is 0 Å². The zero-order valence-electron chi connectivity index (χ0n) is 11.7. The van der Waals surface area contributed by atoms with E-state index in [4.69, 9.17) is 4.74 Å². The van der Waals surface area contributed by atoms with Gasteiger partial charge in [-0.05, 0) is 36.8 Å². The molecule has 1 amide bonds. The quantitative estimate of drug-likeness (QED) is 0.897. The minimum absolute atomic E-state index is 0.176. The Morgan fingerprint density at radius 1 is 1.25 bits per heavy atom. The highest BCUT2D eigenvalue weighted by Crippen LogP contribution is 2.22. The number of methoxy groups -OCH3 is 1. The monoisotopic (exact) mass is 271 g/mol. The van der Waals surface area contributed by atoms with Gasteiger partial charge in [0.15, 0.2) is 0 Å². The molecular formula is C15H17N3O2. The number of hydrogen-bond donors (Lipinski definition) is 2. The largest absolute Gasteiger partial charge is 0.497 e. The fraction of sp³-hybridized carbons (Fsp3) is 0.200. The van der Waals surface area contributed by atoms with Crippen LogP contribution in [0.5, 0.6) is 5.75 Å². The molecule has 2 rings (SSSR count). The molecule has 0 unspecified atom stereocenters. The Morgan fingerprint density at radius 2 is 2.05 bits per heavy atom. The van der Waals surface area contributed by atoms with Crippen LogP contribution in [0.15, 0.2) is 36.7 Å². The van der Waals surface area contributed by atoms with E-state index in [1.807, 2.05) is 25.1 Å². The molecule has 0 spiro atoms. The van der Waals surface area contributed by atoms with E-state index >= 15 is 0 Å². The summed E-state index contributed by atoms with van der Waals surface area (Å²) >= 11 is 0. The van der Waals surface area contributed by atoms with Crippen molar-refractivity contribution in [3.8, 4) is 5.75 Å². The van der Waals surface area contributed by atoms with Gasteiger partial charge in [0.25, 0.3) is 5.91 Å². The van der Waals surface area contributed by atoms with Crippen molar-refractivity contribution < 1.29 is 9.53 Å². The topological polar surface area (TPSA) is 63.2 Å². The second-order valence-electron chi connectivity index (χ2n) is 4.31. The molecule has 2 N–H and O–H groups in total. The number of aromatic nitrogens is 1. The number of pyridine rings is 1. The maximum Gasteiger partial charge on any atom is 0.257 e. The van der Waals surface area contributed by atoms with E-state index in [2.05, 4.69) is 15.6 Å². The molecule has 0 fully saturated rings. The molecule has 1 aromatic carbocycles. The van der Waals surface area contributed by atoms with Crippen LogP contribution in [-0.4, -0.2) is 25.0 Å². The average Bonchev–Trinajstić information content (AvgIpc) is 2.49. The first-order valence-electron chi connectivity index (χ1n) is 6.23. The van der Waals surface area contributed by atoms with Crippen LogP contribution >= 0.6 is 0 Å². The van der Waals surface area contributed by atoms with Gasteiger partial charge in [-0.25, -0.2) is 0 Å². The summed E-state index contributed by atoms with van der Waals surface area (Å²) in [7, 11) is 3.37. The van der Waals surface area contributed by atoms with Crippen molar-refractivity contribution in [2.45, 2.75) is 6.92 Å². The Hall–Kier alpha value is -2.56. The first-order valence-corrected chi connectivity index (χ1v) is 6.23.